The number of carboxylic acids is 1. The van der Waals surface area contributed by atoms with Crippen molar-refractivity contribution in [2.45, 2.75) is 12.1 Å². The highest BCUT2D eigenvalue weighted by atomic mass is 19.4. The summed E-state index contributed by atoms with van der Waals surface area (Å²) in [6.45, 7) is 0. The van der Waals surface area contributed by atoms with Crippen LogP contribution >= 0.6 is 0 Å². The molecular formula is C11H6F3NO3. The van der Waals surface area contributed by atoms with Gasteiger partial charge in [0.2, 0.25) is 5.78 Å². The maximum atomic E-state index is 12.8. The van der Waals surface area contributed by atoms with Crippen LogP contribution in [0.4, 0.5) is 18.9 Å². The highest BCUT2D eigenvalue weighted by Gasteiger charge is 2.51. The number of aliphatic carboxylic acids is 1. The van der Waals surface area contributed by atoms with Crippen LogP contribution in [-0.4, -0.2) is 28.7 Å². The Morgan fingerprint density at radius 2 is 1.89 bits per heavy atom. The molecule has 4 nitrogen and oxygen atoms in total. The van der Waals surface area contributed by atoms with Gasteiger partial charge in [0.25, 0.3) is 0 Å². The average molecular weight is 257 g/mol. The first kappa shape index (κ1) is 12.3. The number of alkyl halides is 3. The van der Waals surface area contributed by atoms with E-state index >= 15 is 0 Å². The summed E-state index contributed by atoms with van der Waals surface area (Å²) in [6, 6.07) is 5.12. The van der Waals surface area contributed by atoms with Gasteiger partial charge < -0.3 is 5.11 Å². The van der Waals surface area contributed by atoms with Gasteiger partial charge in [-0.2, -0.15) is 13.2 Å². The van der Waals surface area contributed by atoms with Crippen LogP contribution in [0.25, 0.3) is 0 Å². The molecule has 0 aromatic heterocycles. The van der Waals surface area contributed by atoms with Gasteiger partial charge in [0.05, 0.1) is 5.69 Å². The van der Waals surface area contributed by atoms with E-state index < -0.39 is 29.6 Å². The number of ketones is 1. The minimum Gasteiger partial charge on any atom is -0.476 e. The highest BCUT2D eigenvalue weighted by molar-refractivity contribution is 6.65. The first-order valence-electron chi connectivity index (χ1n) is 4.84. The van der Waals surface area contributed by atoms with Crippen molar-refractivity contribution >= 4 is 23.2 Å². The summed E-state index contributed by atoms with van der Waals surface area (Å²) >= 11 is 0. The standard InChI is InChI=1S/C11H6F3NO3/c12-11(13,14)7-5-3-1-2-4-6(5)15-8(9(7)16)10(17)18/h1-4,7H,(H,17,18). The molecular weight excluding hydrogens is 251 g/mol. The molecule has 1 aromatic rings. The largest absolute Gasteiger partial charge is 0.476 e. The van der Waals surface area contributed by atoms with Crippen molar-refractivity contribution in [2.24, 2.45) is 4.99 Å². The fraction of sp³-hybridized carbons (Fsp3) is 0.182. The molecule has 1 heterocycles. The first-order chi connectivity index (χ1) is 8.32. The number of carboxylic acid groups (broad SMARTS) is 1. The predicted molar refractivity (Wildman–Crippen MR) is 55.0 cm³/mol. The molecule has 0 aliphatic carbocycles. The Kier molecular flexibility index (Phi) is 2.68. The van der Waals surface area contributed by atoms with Gasteiger partial charge >= 0.3 is 12.1 Å². The second kappa shape index (κ2) is 3.94. The molecule has 0 radical (unpaired) electrons. The Balaban J connectivity index is 2.67. The van der Waals surface area contributed by atoms with E-state index in [1.807, 2.05) is 0 Å². The molecule has 1 aromatic carbocycles. The number of hydrogen-bond acceptors (Lipinski definition) is 3. The van der Waals surface area contributed by atoms with Crippen LogP contribution in [0.2, 0.25) is 0 Å². The van der Waals surface area contributed by atoms with Gasteiger partial charge in [-0.05, 0) is 11.6 Å². The summed E-state index contributed by atoms with van der Waals surface area (Å²) in [5.41, 5.74) is -1.55. The number of rotatable bonds is 1. The van der Waals surface area contributed by atoms with Gasteiger partial charge in [-0.25, -0.2) is 9.79 Å². The number of carbonyl (C=O) groups is 2. The number of hydrogen-bond donors (Lipinski definition) is 1. The molecule has 1 unspecified atom stereocenters. The Bertz CT molecular complexity index is 563. The molecule has 0 amide bonds. The Labute approximate surface area is 98.8 Å². The summed E-state index contributed by atoms with van der Waals surface area (Å²) in [7, 11) is 0. The predicted octanol–water partition coefficient (Wildman–Crippen LogP) is 2.07. The number of halogens is 3. The molecule has 1 atom stereocenters. The fourth-order valence-electron chi connectivity index (χ4n) is 1.77. The number of para-hydroxylation sites is 1. The quantitative estimate of drug-likeness (QED) is 0.837. The van der Waals surface area contributed by atoms with Gasteiger partial charge in [-0.1, -0.05) is 18.2 Å². The smallest absolute Gasteiger partial charge is 0.403 e. The lowest BCUT2D eigenvalue weighted by molar-refractivity contribution is -0.159. The lowest BCUT2D eigenvalue weighted by Gasteiger charge is -2.24. The van der Waals surface area contributed by atoms with E-state index in [9.17, 15) is 22.8 Å². The normalized spacial score (nSPS) is 19.2. The van der Waals surface area contributed by atoms with Crippen molar-refractivity contribution in [2.75, 3.05) is 0 Å². The van der Waals surface area contributed by atoms with Gasteiger partial charge in [0, 0.05) is 0 Å². The third-order valence-electron chi connectivity index (χ3n) is 2.51. The summed E-state index contributed by atoms with van der Waals surface area (Å²) in [5.74, 6) is -5.75. The zero-order valence-electron chi connectivity index (χ0n) is 8.73. The van der Waals surface area contributed by atoms with E-state index in [0.29, 0.717) is 0 Å². The van der Waals surface area contributed by atoms with Crippen LogP contribution in [0.1, 0.15) is 11.5 Å². The van der Waals surface area contributed by atoms with Crippen molar-refractivity contribution in [3.8, 4) is 0 Å². The molecule has 0 fully saturated rings. The Morgan fingerprint density at radius 1 is 1.28 bits per heavy atom. The second-order valence-corrected chi connectivity index (χ2v) is 3.66. The SMILES string of the molecule is O=C(O)C1=Nc2ccccc2C(C(F)(F)F)C1=O. The van der Waals surface area contributed by atoms with Crippen molar-refractivity contribution in [1.29, 1.82) is 0 Å². The highest BCUT2D eigenvalue weighted by Crippen LogP contribution is 2.42. The zero-order valence-corrected chi connectivity index (χ0v) is 8.73. The van der Waals surface area contributed by atoms with Crippen molar-refractivity contribution in [3.05, 3.63) is 29.8 Å². The zero-order chi connectivity index (χ0) is 13.5. The van der Waals surface area contributed by atoms with E-state index in [-0.39, 0.29) is 11.3 Å². The maximum absolute atomic E-state index is 12.8. The average Bonchev–Trinajstić information content (AvgIpc) is 2.25. The summed E-state index contributed by atoms with van der Waals surface area (Å²) in [5, 5.41) is 8.70. The Hall–Kier alpha value is -2.18. The molecule has 1 N–H and O–H groups in total. The number of Topliss-reactive ketones (excluding diaryl/α,β-unsaturated/α-hetero) is 1. The summed E-state index contributed by atoms with van der Waals surface area (Å²) < 4.78 is 38.5. The molecule has 0 bridgehead atoms. The molecule has 1 aliphatic rings. The van der Waals surface area contributed by atoms with Gasteiger partial charge in [-0.15, -0.1) is 0 Å². The molecule has 0 saturated carbocycles. The Morgan fingerprint density at radius 3 is 2.44 bits per heavy atom. The number of aliphatic imine (C=N–C) groups is 1. The first-order valence-corrected chi connectivity index (χ1v) is 4.84. The molecule has 0 saturated heterocycles. The van der Waals surface area contributed by atoms with Crippen LogP contribution in [0.5, 0.6) is 0 Å². The molecule has 94 valence electrons. The number of benzene rings is 1. The molecule has 0 spiro atoms. The number of carbonyl (C=O) groups excluding carboxylic acids is 1. The van der Waals surface area contributed by atoms with Crippen LogP contribution in [0, 0.1) is 0 Å². The van der Waals surface area contributed by atoms with E-state index in [4.69, 9.17) is 5.11 Å². The van der Waals surface area contributed by atoms with E-state index in [0.717, 1.165) is 6.07 Å². The number of nitrogens with zero attached hydrogens (tertiary/aromatic N) is 1. The van der Waals surface area contributed by atoms with E-state index in [1.54, 1.807) is 0 Å². The van der Waals surface area contributed by atoms with Gasteiger partial charge in [0.1, 0.15) is 5.92 Å². The molecule has 7 heteroatoms. The van der Waals surface area contributed by atoms with Gasteiger partial charge in [-0.3, -0.25) is 4.79 Å². The fourth-order valence-corrected chi connectivity index (χ4v) is 1.77. The van der Waals surface area contributed by atoms with E-state index in [2.05, 4.69) is 4.99 Å². The van der Waals surface area contributed by atoms with Crippen LogP contribution in [-0.2, 0) is 9.59 Å². The van der Waals surface area contributed by atoms with Gasteiger partial charge in [0.15, 0.2) is 5.71 Å². The molecule has 2 rings (SSSR count). The van der Waals surface area contributed by atoms with Crippen LogP contribution in [0.3, 0.4) is 0 Å². The minimum absolute atomic E-state index is 0.142. The molecule has 1 aliphatic heterocycles. The lowest BCUT2D eigenvalue weighted by Crippen LogP contribution is -2.38. The second-order valence-electron chi connectivity index (χ2n) is 3.66. The van der Waals surface area contributed by atoms with Crippen LogP contribution in [0.15, 0.2) is 29.3 Å². The van der Waals surface area contributed by atoms with E-state index in [1.165, 1.54) is 18.2 Å². The third kappa shape index (κ3) is 1.87. The topological polar surface area (TPSA) is 66.7 Å². The van der Waals surface area contributed by atoms with Crippen molar-refractivity contribution in [3.63, 3.8) is 0 Å². The number of fused-ring (bicyclic) bond motifs is 1. The van der Waals surface area contributed by atoms with Crippen molar-refractivity contribution < 1.29 is 27.9 Å². The monoisotopic (exact) mass is 257 g/mol. The third-order valence-corrected chi connectivity index (χ3v) is 2.51. The summed E-state index contributed by atoms with van der Waals surface area (Å²) in [6.07, 6.45) is -4.84. The van der Waals surface area contributed by atoms with Crippen molar-refractivity contribution in [1.82, 2.24) is 0 Å². The minimum atomic E-state index is -4.84. The summed E-state index contributed by atoms with van der Waals surface area (Å²) in [4.78, 5) is 25.7. The maximum Gasteiger partial charge on any atom is 0.403 e. The van der Waals surface area contributed by atoms with Crippen LogP contribution < -0.4 is 0 Å². The molecule has 18 heavy (non-hydrogen) atoms. The lowest BCUT2D eigenvalue weighted by atomic mass is 9.87.